The smallest absolute Gasteiger partial charge is 0.335 e. The maximum atomic E-state index is 11.3. The maximum Gasteiger partial charge on any atom is 0.335 e. The summed E-state index contributed by atoms with van der Waals surface area (Å²) in [5.74, 6) is -0.0336. The molecule has 0 saturated heterocycles. The van der Waals surface area contributed by atoms with E-state index in [0.717, 1.165) is 24.8 Å². The summed E-state index contributed by atoms with van der Waals surface area (Å²) in [6.45, 7) is 0.457. The molecule has 1 aliphatic carbocycles. The number of anilines is 1. The van der Waals surface area contributed by atoms with Gasteiger partial charge in [0.25, 0.3) is 0 Å². The predicted molar refractivity (Wildman–Crippen MR) is 125 cm³/mol. The van der Waals surface area contributed by atoms with Gasteiger partial charge in [-0.3, -0.25) is 0 Å². The number of aliphatic hydroxyl groups is 1. The zero-order valence-corrected chi connectivity index (χ0v) is 18.2. The second-order valence-electron chi connectivity index (χ2n) is 8.04. The third-order valence-corrected chi connectivity index (χ3v) is 5.92. The molecule has 0 bridgehead atoms. The summed E-state index contributed by atoms with van der Waals surface area (Å²) in [4.78, 5) is 11.3. The van der Waals surface area contributed by atoms with Crippen molar-refractivity contribution in [3.05, 3.63) is 87.9 Å². The number of aryl methyl sites for hydroxylation is 1. The van der Waals surface area contributed by atoms with Gasteiger partial charge in [0.05, 0.1) is 11.7 Å². The second-order valence-corrected chi connectivity index (χ2v) is 8.48. The molecule has 0 amide bonds. The molecule has 0 aromatic heterocycles. The number of nitrogens with two attached hydrogens (primary N) is 1. The molecule has 32 heavy (non-hydrogen) atoms. The van der Waals surface area contributed by atoms with E-state index < -0.39 is 12.1 Å². The SMILES string of the molecule is Nc1cc(Oc2ccc3c(c2)C[C@@H](NC[C@H](O)c2ccc(Cl)cc2)CC3)cc(C(=O)O)c1. The molecule has 0 fully saturated rings. The molecule has 3 aromatic carbocycles. The Kier molecular flexibility index (Phi) is 6.65. The number of aromatic carboxylic acids is 1. The van der Waals surface area contributed by atoms with E-state index in [9.17, 15) is 15.0 Å². The zero-order valence-electron chi connectivity index (χ0n) is 17.4. The third kappa shape index (κ3) is 5.40. The number of hydrogen-bond donors (Lipinski definition) is 4. The van der Waals surface area contributed by atoms with Gasteiger partial charge in [-0.25, -0.2) is 4.79 Å². The van der Waals surface area contributed by atoms with Gasteiger partial charge in [-0.15, -0.1) is 0 Å². The topological polar surface area (TPSA) is 105 Å². The van der Waals surface area contributed by atoms with Gasteiger partial charge in [0.15, 0.2) is 0 Å². The lowest BCUT2D eigenvalue weighted by Crippen LogP contribution is -2.37. The zero-order chi connectivity index (χ0) is 22.7. The largest absolute Gasteiger partial charge is 0.478 e. The number of aliphatic hydroxyl groups excluding tert-OH is 1. The Morgan fingerprint density at radius 3 is 2.62 bits per heavy atom. The first-order valence-electron chi connectivity index (χ1n) is 10.5. The normalized spacial score (nSPS) is 16.2. The van der Waals surface area contributed by atoms with Crippen molar-refractivity contribution in [1.82, 2.24) is 5.32 Å². The average Bonchev–Trinajstić information content (AvgIpc) is 2.77. The molecular formula is C25H25ClN2O4. The lowest BCUT2D eigenvalue weighted by molar-refractivity contribution is 0.0696. The minimum absolute atomic E-state index is 0.0847. The monoisotopic (exact) mass is 452 g/mol. The van der Waals surface area contributed by atoms with E-state index in [1.807, 2.05) is 30.3 Å². The molecule has 2 atom stereocenters. The fourth-order valence-corrected chi connectivity index (χ4v) is 4.12. The van der Waals surface area contributed by atoms with Gasteiger partial charge >= 0.3 is 5.97 Å². The summed E-state index contributed by atoms with van der Waals surface area (Å²) in [6.07, 6.45) is 2.14. The van der Waals surface area contributed by atoms with Gasteiger partial charge in [0.2, 0.25) is 0 Å². The molecule has 166 valence electrons. The van der Waals surface area contributed by atoms with Crippen LogP contribution in [-0.2, 0) is 12.8 Å². The number of benzene rings is 3. The number of carbonyl (C=O) groups is 1. The van der Waals surface area contributed by atoms with Crippen LogP contribution in [0.2, 0.25) is 5.02 Å². The van der Waals surface area contributed by atoms with Gasteiger partial charge in [-0.05, 0) is 72.4 Å². The minimum atomic E-state index is -1.05. The first kappa shape index (κ1) is 22.1. The standard InChI is InChI=1S/C25H25ClN2O4/c26-19-5-1-16(2-6-19)24(29)14-28-21-7-3-15-4-8-22(11-17(15)10-21)32-23-12-18(25(30)31)9-20(27)13-23/h1-2,4-6,8-9,11-13,21,24,28-29H,3,7,10,14,27H2,(H,30,31)/t21-,24-/m0/s1. The Hall–Kier alpha value is -3.06. The Balaban J connectivity index is 1.40. The summed E-state index contributed by atoms with van der Waals surface area (Å²) >= 11 is 5.92. The quantitative estimate of drug-likeness (QED) is 0.391. The highest BCUT2D eigenvalue weighted by atomic mass is 35.5. The van der Waals surface area contributed by atoms with Crippen LogP contribution >= 0.6 is 11.6 Å². The first-order chi connectivity index (χ1) is 15.4. The van der Waals surface area contributed by atoms with Crippen molar-refractivity contribution in [2.24, 2.45) is 0 Å². The molecule has 0 heterocycles. The maximum absolute atomic E-state index is 11.3. The van der Waals surface area contributed by atoms with E-state index in [2.05, 4.69) is 5.32 Å². The molecule has 4 rings (SSSR count). The predicted octanol–water partition coefficient (Wildman–Crippen LogP) is 4.59. The van der Waals surface area contributed by atoms with Gasteiger partial charge in [0.1, 0.15) is 11.5 Å². The van der Waals surface area contributed by atoms with Crippen molar-refractivity contribution in [2.45, 2.75) is 31.4 Å². The van der Waals surface area contributed by atoms with Crippen molar-refractivity contribution in [3.63, 3.8) is 0 Å². The van der Waals surface area contributed by atoms with Crippen LogP contribution in [0.1, 0.15) is 39.6 Å². The Bertz CT molecular complexity index is 1120. The molecule has 0 saturated carbocycles. The fourth-order valence-electron chi connectivity index (χ4n) is 3.99. The summed E-state index contributed by atoms with van der Waals surface area (Å²) in [7, 11) is 0. The van der Waals surface area contributed by atoms with Crippen LogP contribution in [0.5, 0.6) is 11.5 Å². The van der Waals surface area contributed by atoms with Crippen molar-refractivity contribution in [2.75, 3.05) is 12.3 Å². The number of carboxylic acids is 1. The lowest BCUT2D eigenvalue weighted by atomic mass is 9.88. The average molecular weight is 453 g/mol. The van der Waals surface area contributed by atoms with Crippen LogP contribution in [0.4, 0.5) is 5.69 Å². The molecule has 7 heteroatoms. The first-order valence-corrected chi connectivity index (χ1v) is 10.9. The Labute approximate surface area is 191 Å². The van der Waals surface area contributed by atoms with Crippen molar-refractivity contribution in [1.29, 1.82) is 0 Å². The molecule has 0 unspecified atom stereocenters. The summed E-state index contributed by atoms with van der Waals surface area (Å²) < 4.78 is 5.90. The van der Waals surface area contributed by atoms with Crippen LogP contribution < -0.4 is 15.8 Å². The van der Waals surface area contributed by atoms with E-state index in [1.54, 1.807) is 18.2 Å². The van der Waals surface area contributed by atoms with Gasteiger partial charge in [-0.2, -0.15) is 0 Å². The van der Waals surface area contributed by atoms with E-state index >= 15 is 0 Å². The minimum Gasteiger partial charge on any atom is -0.478 e. The van der Waals surface area contributed by atoms with Gasteiger partial charge in [0, 0.05) is 29.4 Å². The molecular weight excluding hydrogens is 428 g/mol. The highest BCUT2D eigenvalue weighted by molar-refractivity contribution is 6.30. The van der Waals surface area contributed by atoms with Crippen molar-refractivity contribution in [3.8, 4) is 11.5 Å². The summed E-state index contributed by atoms with van der Waals surface area (Å²) in [5, 5.41) is 23.8. The summed E-state index contributed by atoms with van der Waals surface area (Å²) in [6, 6.07) is 17.9. The van der Waals surface area contributed by atoms with E-state index in [1.165, 1.54) is 23.3 Å². The van der Waals surface area contributed by atoms with Crippen LogP contribution in [0.15, 0.2) is 60.7 Å². The Morgan fingerprint density at radius 2 is 1.88 bits per heavy atom. The highest BCUT2D eigenvalue weighted by Crippen LogP contribution is 2.30. The third-order valence-electron chi connectivity index (χ3n) is 5.67. The lowest BCUT2D eigenvalue weighted by Gasteiger charge is -2.27. The van der Waals surface area contributed by atoms with E-state index in [-0.39, 0.29) is 11.6 Å². The number of carboxylic acid groups (broad SMARTS) is 1. The molecule has 0 spiro atoms. The molecule has 3 aromatic rings. The van der Waals surface area contributed by atoms with Crippen LogP contribution in [-0.4, -0.2) is 28.8 Å². The van der Waals surface area contributed by atoms with Crippen LogP contribution in [0, 0.1) is 0 Å². The number of halogens is 1. The molecule has 0 radical (unpaired) electrons. The van der Waals surface area contributed by atoms with Gasteiger partial charge in [-0.1, -0.05) is 29.8 Å². The number of nitrogens with one attached hydrogen (secondary N) is 1. The number of hydrogen-bond acceptors (Lipinski definition) is 5. The second kappa shape index (κ2) is 9.61. The van der Waals surface area contributed by atoms with Crippen LogP contribution in [0.25, 0.3) is 0 Å². The van der Waals surface area contributed by atoms with Crippen LogP contribution in [0.3, 0.4) is 0 Å². The molecule has 1 aliphatic rings. The van der Waals surface area contributed by atoms with E-state index in [0.29, 0.717) is 28.8 Å². The molecule has 0 aliphatic heterocycles. The molecule has 5 N–H and O–H groups in total. The Morgan fingerprint density at radius 1 is 1.09 bits per heavy atom. The van der Waals surface area contributed by atoms with Crippen molar-refractivity contribution < 1.29 is 19.7 Å². The van der Waals surface area contributed by atoms with E-state index in [4.69, 9.17) is 22.1 Å². The summed E-state index contributed by atoms with van der Waals surface area (Å²) in [5.41, 5.74) is 9.50. The number of nitrogen functional groups attached to an aromatic ring is 1. The number of rotatable bonds is 7. The highest BCUT2D eigenvalue weighted by Gasteiger charge is 2.20. The van der Waals surface area contributed by atoms with Crippen molar-refractivity contribution >= 4 is 23.3 Å². The fraction of sp³-hybridized carbons (Fsp3) is 0.240. The number of ether oxygens (including phenoxy) is 1. The molecule has 6 nitrogen and oxygen atoms in total. The van der Waals surface area contributed by atoms with Gasteiger partial charge < -0.3 is 26.0 Å². The number of fused-ring (bicyclic) bond motifs is 1.